The predicted octanol–water partition coefficient (Wildman–Crippen LogP) is 1.16. The van der Waals surface area contributed by atoms with Crippen LogP contribution in [0.3, 0.4) is 0 Å². The van der Waals surface area contributed by atoms with Gasteiger partial charge in [-0.25, -0.2) is 0 Å². The van der Waals surface area contributed by atoms with Crippen LogP contribution < -0.4 is 0 Å². The topological polar surface area (TPSA) is 38.7 Å². The molecule has 3 fully saturated rings. The van der Waals surface area contributed by atoms with Crippen LogP contribution >= 0.6 is 0 Å². The number of hydrogen-bond acceptors (Lipinski definition) is 3. The summed E-state index contributed by atoms with van der Waals surface area (Å²) in [5.41, 5.74) is 0. The monoisotopic (exact) mass is 198 g/mol. The molecular weight excluding hydrogens is 180 g/mol. The molecule has 3 aliphatic rings. The predicted molar refractivity (Wildman–Crippen MR) is 50.6 cm³/mol. The molecule has 1 heterocycles. The van der Waals surface area contributed by atoms with E-state index in [0.29, 0.717) is 17.8 Å². The van der Waals surface area contributed by atoms with Gasteiger partial charge >= 0.3 is 0 Å². The van der Waals surface area contributed by atoms with Crippen LogP contribution in [0.5, 0.6) is 0 Å². The van der Waals surface area contributed by atoms with Crippen molar-refractivity contribution in [2.75, 3.05) is 13.2 Å². The smallest absolute Gasteiger partial charge is 0.171 e. The maximum Gasteiger partial charge on any atom is 0.171 e. The van der Waals surface area contributed by atoms with Gasteiger partial charge in [0, 0.05) is 12.3 Å². The molecule has 3 heteroatoms. The SMILES string of the molecule is C[C@H]1[C@H]2C[C@@H](O)C[C@H]2CC12OCCO2. The first-order valence-corrected chi connectivity index (χ1v) is 5.67. The molecule has 2 aliphatic carbocycles. The standard InChI is InChI=1S/C11H18O3/c1-7-10-5-9(12)4-8(10)6-11(7)13-2-3-14-11/h7-10,12H,2-6H2,1H3/t7-,8-,9-,10+/m0/s1. The third kappa shape index (κ3) is 1.09. The van der Waals surface area contributed by atoms with Crippen molar-refractivity contribution in [2.45, 2.75) is 38.1 Å². The van der Waals surface area contributed by atoms with E-state index in [0.717, 1.165) is 32.5 Å². The van der Waals surface area contributed by atoms with E-state index < -0.39 is 0 Å². The molecule has 1 saturated heterocycles. The zero-order valence-electron chi connectivity index (χ0n) is 8.61. The molecule has 0 unspecified atom stereocenters. The lowest BCUT2D eigenvalue weighted by atomic mass is 9.92. The van der Waals surface area contributed by atoms with Gasteiger partial charge < -0.3 is 14.6 Å². The maximum absolute atomic E-state index is 9.60. The third-order valence-corrected chi connectivity index (χ3v) is 4.38. The summed E-state index contributed by atoms with van der Waals surface area (Å²) in [7, 11) is 0. The van der Waals surface area contributed by atoms with Crippen molar-refractivity contribution < 1.29 is 14.6 Å². The van der Waals surface area contributed by atoms with Crippen LogP contribution in [0.2, 0.25) is 0 Å². The number of hydrogen-bond donors (Lipinski definition) is 1. The second kappa shape index (κ2) is 2.94. The number of ether oxygens (including phenoxy) is 2. The van der Waals surface area contributed by atoms with Gasteiger partial charge in [0.05, 0.1) is 19.3 Å². The third-order valence-electron chi connectivity index (χ3n) is 4.38. The normalized spacial score (nSPS) is 50.1. The molecule has 3 rings (SSSR count). The van der Waals surface area contributed by atoms with Crippen LogP contribution in [0.25, 0.3) is 0 Å². The Morgan fingerprint density at radius 2 is 1.93 bits per heavy atom. The minimum absolute atomic E-state index is 0.0776. The minimum atomic E-state index is -0.282. The van der Waals surface area contributed by atoms with Crippen molar-refractivity contribution >= 4 is 0 Å². The van der Waals surface area contributed by atoms with E-state index in [1.165, 1.54) is 0 Å². The minimum Gasteiger partial charge on any atom is -0.393 e. The van der Waals surface area contributed by atoms with Gasteiger partial charge in [-0.15, -0.1) is 0 Å². The summed E-state index contributed by atoms with van der Waals surface area (Å²) < 4.78 is 11.6. The molecule has 0 amide bonds. The average molecular weight is 198 g/mol. The molecule has 0 bridgehead atoms. The fraction of sp³-hybridized carbons (Fsp3) is 1.00. The molecule has 4 atom stereocenters. The molecular formula is C11H18O3. The van der Waals surface area contributed by atoms with Gasteiger partial charge in [0.25, 0.3) is 0 Å². The number of fused-ring (bicyclic) bond motifs is 1. The zero-order valence-corrected chi connectivity index (χ0v) is 8.61. The fourth-order valence-electron chi connectivity index (χ4n) is 3.70. The molecule has 0 aromatic rings. The van der Waals surface area contributed by atoms with Crippen molar-refractivity contribution in [3.63, 3.8) is 0 Å². The van der Waals surface area contributed by atoms with E-state index in [-0.39, 0.29) is 11.9 Å². The van der Waals surface area contributed by atoms with E-state index in [1.807, 2.05) is 0 Å². The average Bonchev–Trinajstić information content (AvgIpc) is 2.77. The molecule has 3 nitrogen and oxygen atoms in total. The Balaban J connectivity index is 1.82. The molecule has 2 saturated carbocycles. The molecule has 1 N–H and O–H groups in total. The van der Waals surface area contributed by atoms with E-state index in [4.69, 9.17) is 9.47 Å². The quantitative estimate of drug-likeness (QED) is 0.634. The van der Waals surface area contributed by atoms with Crippen LogP contribution in [-0.2, 0) is 9.47 Å². The Kier molecular flexibility index (Phi) is 1.92. The molecule has 0 aromatic carbocycles. The second-order valence-electron chi connectivity index (χ2n) is 5.05. The lowest BCUT2D eigenvalue weighted by Gasteiger charge is -2.29. The van der Waals surface area contributed by atoms with Crippen LogP contribution in [0.15, 0.2) is 0 Å². The highest BCUT2D eigenvalue weighted by atomic mass is 16.7. The maximum atomic E-state index is 9.60. The van der Waals surface area contributed by atoms with Gasteiger partial charge in [-0.1, -0.05) is 6.92 Å². The number of aliphatic hydroxyl groups is 1. The summed E-state index contributed by atoms with van der Waals surface area (Å²) in [6, 6.07) is 0. The van der Waals surface area contributed by atoms with E-state index in [9.17, 15) is 5.11 Å². The first kappa shape index (κ1) is 9.13. The lowest BCUT2D eigenvalue weighted by molar-refractivity contribution is -0.184. The zero-order chi connectivity index (χ0) is 9.76. The first-order chi connectivity index (χ1) is 6.71. The van der Waals surface area contributed by atoms with Crippen molar-refractivity contribution in [3.05, 3.63) is 0 Å². The van der Waals surface area contributed by atoms with E-state index in [1.54, 1.807) is 0 Å². The Hall–Kier alpha value is -0.120. The fourth-order valence-corrected chi connectivity index (χ4v) is 3.70. The summed E-state index contributed by atoms with van der Waals surface area (Å²) in [4.78, 5) is 0. The molecule has 1 aliphatic heterocycles. The first-order valence-electron chi connectivity index (χ1n) is 5.67. The summed E-state index contributed by atoms with van der Waals surface area (Å²) in [6.45, 7) is 3.70. The van der Waals surface area contributed by atoms with Gasteiger partial charge in [0.2, 0.25) is 0 Å². The largest absolute Gasteiger partial charge is 0.393 e. The molecule has 80 valence electrons. The van der Waals surface area contributed by atoms with Crippen LogP contribution in [0, 0.1) is 17.8 Å². The van der Waals surface area contributed by atoms with Crippen molar-refractivity contribution in [2.24, 2.45) is 17.8 Å². The molecule has 0 radical (unpaired) electrons. The Labute approximate surface area is 84.4 Å². The van der Waals surface area contributed by atoms with E-state index >= 15 is 0 Å². The van der Waals surface area contributed by atoms with Crippen molar-refractivity contribution in [1.82, 2.24) is 0 Å². The van der Waals surface area contributed by atoms with Crippen LogP contribution in [0.4, 0.5) is 0 Å². The Morgan fingerprint density at radius 3 is 2.57 bits per heavy atom. The van der Waals surface area contributed by atoms with Gasteiger partial charge in [-0.2, -0.15) is 0 Å². The second-order valence-corrected chi connectivity index (χ2v) is 5.05. The van der Waals surface area contributed by atoms with Crippen molar-refractivity contribution in [1.29, 1.82) is 0 Å². The number of aliphatic hydroxyl groups excluding tert-OH is 1. The van der Waals surface area contributed by atoms with Gasteiger partial charge in [0.1, 0.15) is 0 Å². The highest BCUT2D eigenvalue weighted by Gasteiger charge is 2.57. The van der Waals surface area contributed by atoms with Crippen LogP contribution in [0.1, 0.15) is 26.2 Å². The summed E-state index contributed by atoms with van der Waals surface area (Å²) in [5, 5.41) is 9.60. The summed E-state index contributed by atoms with van der Waals surface area (Å²) >= 11 is 0. The van der Waals surface area contributed by atoms with E-state index in [2.05, 4.69) is 6.92 Å². The Morgan fingerprint density at radius 1 is 1.21 bits per heavy atom. The highest BCUT2D eigenvalue weighted by molar-refractivity contribution is 5.01. The highest BCUT2D eigenvalue weighted by Crippen LogP contribution is 2.55. The molecule has 0 aromatic heterocycles. The Bertz CT molecular complexity index is 235. The molecule has 1 spiro atoms. The van der Waals surface area contributed by atoms with Gasteiger partial charge in [-0.05, 0) is 24.7 Å². The summed E-state index contributed by atoms with van der Waals surface area (Å²) in [6.07, 6.45) is 2.81. The van der Waals surface area contributed by atoms with Crippen LogP contribution in [-0.4, -0.2) is 30.2 Å². The van der Waals surface area contributed by atoms with Crippen molar-refractivity contribution in [3.8, 4) is 0 Å². The molecule has 14 heavy (non-hydrogen) atoms. The lowest BCUT2D eigenvalue weighted by Crippen LogP contribution is -2.35. The number of rotatable bonds is 0. The van der Waals surface area contributed by atoms with Gasteiger partial charge in [-0.3, -0.25) is 0 Å². The summed E-state index contributed by atoms with van der Waals surface area (Å²) in [5.74, 6) is 1.41. The van der Waals surface area contributed by atoms with Gasteiger partial charge in [0.15, 0.2) is 5.79 Å².